The van der Waals surface area contributed by atoms with Crippen molar-refractivity contribution in [2.24, 2.45) is 0 Å². The molecule has 2 aromatic heterocycles. The van der Waals surface area contributed by atoms with Gasteiger partial charge < -0.3 is 33.7 Å². The summed E-state index contributed by atoms with van der Waals surface area (Å²) in [4.78, 5) is 33.7. The number of nitrogens with one attached hydrogen (secondary N) is 2. The number of hydrogen-bond acceptors (Lipinski definition) is 11. The highest BCUT2D eigenvalue weighted by Gasteiger charge is 2.18. The molecule has 12 nitrogen and oxygen atoms in total. The number of imide groups is 1. The Hall–Kier alpha value is -4.46. The summed E-state index contributed by atoms with van der Waals surface area (Å²) >= 11 is 1.16. The smallest absolute Gasteiger partial charge is 0.326 e. The highest BCUT2D eigenvalue weighted by molar-refractivity contribution is 7.11. The molecule has 1 aliphatic rings. The molecule has 0 spiro atoms. The molecule has 1 saturated heterocycles. The van der Waals surface area contributed by atoms with Crippen molar-refractivity contribution in [3.8, 4) is 28.7 Å². The highest BCUT2D eigenvalue weighted by Crippen LogP contribution is 2.38. The number of carbonyl (C=O) groups is 2. The first-order chi connectivity index (χ1) is 21.4. The minimum absolute atomic E-state index is 0.122. The van der Waals surface area contributed by atoms with E-state index in [-0.39, 0.29) is 6.29 Å². The van der Waals surface area contributed by atoms with Crippen molar-refractivity contribution in [3.05, 3.63) is 58.7 Å². The van der Waals surface area contributed by atoms with Gasteiger partial charge in [0.1, 0.15) is 22.1 Å². The molecule has 4 aromatic rings. The third kappa shape index (κ3) is 7.73. The normalized spacial score (nSPS) is 14.6. The van der Waals surface area contributed by atoms with E-state index in [4.69, 9.17) is 28.4 Å². The molecule has 44 heavy (non-hydrogen) atoms. The van der Waals surface area contributed by atoms with Crippen molar-refractivity contribution in [2.45, 2.75) is 38.9 Å². The number of amides is 3. The monoisotopic (exact) mass is 622 g/mol. The number of ether oxygens (including phenoxy) is 6. The van der Waals surface area contributed by atoms with E-state index in [9.17, 15) is 9.59 Å². The zero-order chi connectivity index (χ0) is 30.9. The van der Waals surface area contributed by atoms with E-state index < -0.39 is 11.9 Å². The Labute approximate surface area is 258 Å². The van der Waals surface area contributed by atoms with Gasteiger partial charge in [0.2, 0.25) is 0 Å². The Bertz CT molecular complexity index is 1610. The first-order valence-corrected chi connectivity index (χ1v) is 15.0. The average Bonchev–Trinajstić information content (AvgIpc) is 3.47. The van der Waals surface area contributed by atoms with Gasteiger partial charge in [-0.25, -0.2) is 9.78 Å². The molecule has 1 fully saturated rings. The molecule has 0 radical (unpaired) electrons. The first kappa shape index (κ1) is 31.0. The number of benzene rings is 2. The molecular formula is C31H34N4O8S. The Morgan fingerprint density at radius 2 is 1.86 bits per heavy atom. The lowest BCUT2D eigenvalue weighted by Crippen LogP contribution is -2.34. The molecule has 0 bridgehead atoms. The summed E-state index contributed by atoms with van der Waals surface area (Å²) in [5.41, 5.74) is 3.11. The second-order valence-electron chi connectivity index (χ2n) is 9.84. The van der Waals surface area contributed by atoms with E-state index in [0.717, 1.165) is 37.2 Å². The van der Waals surface area contributed by atoms with Gasteiger partial charge >= 0.3 is 6.03 Å². The Kier molecular flexibility index (Phi) is 10.4. The summed E-state index contributed by atoms with van der Waals surface area (Å²) in [5, 5.41) is 5.65. The van der Waals surface area contributed by atoms with Crippen molar-refractivity contribution in [3.63, 3.8) is 0 Å². The van der Waals surface area contributed by atoms with Crippen LogP contribution in [0.4, 0.5) is 10.5 Å². The first-order valence-electron chi connectivity index (χ1n) is 14.2. The second kappa shape index (κ2) is 14.8. The number of anilines is 1. The van der Waals surface area contributed by atoms with Gasteiger partial charge in [-0.2, -0.15) is 0 Å². The maximum absolute atomic E-state index is 12.5. The maximum Gasteiger partial charge on any atom is 0.326 e. The van der Waals surface area contributed by atoms with Crippen molar-refractivity contribution in [1.82, 2.24) is 15.3 Å². The molecular weight excluding hydrogens is 588 g/mol. The van der Waals surface area contributed by atoms with Gasteiger partial charge in [0.15, 0.2) is 17.8 Å². The number of pyridine rings is 1. The summed E-state index contributed by atoms with van der Waals surface area (Å²) in [6, 6.07) is 9.60. The van der Waals surface area contributed by atoms with Crippen LogP contribution in [0.3, 0.4) is 0 Å². The van der Waals surface area contributed by atoms with Crippen molar-refractivity contribution >= 4 is 39.9 Å². The van der Waals surface area contributed by atoms with Gasteiger partial charge in [-0.05, 0) is 50.5 Å². The lowest BCUT2D eigenvalue weighted by molar-refractivity contribution is -0.163. The van der Waals surface area contributed by atoms with E-state index in [2.05, 4.69) is 20.6 Å². The van der Waals surface area contributed by atoms with E-state index in [0.29, 0.717) is 75.5 Å². The zero-order valence-electron chi connectivity index (χ0n) is 24.7. The second-order valence-corrected chi connectivity index (χ2v) is 10.7. The molecule has 3 amide bonds. The van der Waals surface area contributed by atoms with Crippen LogP contribution in [0.1, 0.15) is 41.0 Å². The third-order valence-corrected chi connectivity index (χ3v) is 7.73. The number of urea groups is 1. The molecule has 0 aliphatic carbocycles. The van der Waals surface area contributed by atoms with Crippen molar-refractivity contribution in [2.75, 3.05) is 39.4 Å². The van der Waals surface area contributed by atoms with Gasteiger partial charge in [0.05, 0.1) is 49.8 Å². The van der Waals surface area contributed by atoms with E-state index in [1.165, 1.54) is 7.11 Å². The van der Waals surface area contributed by atoms with Crippen LogP contribution in [0, 0.1) is 6.92 Å². The predicted octanol–water partition coefficient (Wildman–Crippen LogP) is 6.08. The topological polar surface area (TPSA) is 139 Å². The van der Waals surface area contributed by atoms with Crippen molar-refractivity contribution < 1.29 is 38.0 Å². The number of nitrogens with zero attached hydrogens (tertiary/aromatic N) is 2. The van der Waals surface area contributed by atoms with Crippen LogP contribution in [0.5, 0.6) is 28.7 Å². The lowest BCUT2D eigenvalue weighted by Gasteiger charge is -2.22. The molecule has 3 heterocycles. The largest absolute Gasteiger partial charge is 0.494 e. The molecule has 5 rings (SSSR count). The maximum atomic E-state index is 12.5. The number of aromatic nitrogens is 2. The summed E-state index contributed by atoms with van der Waals surface area (Å²) in [7, 11) is 3.05. The fourth-order valence-corrected chi connectivity index (χ4v) is 5.28. The van der Waals surface area contributed by atoms with Gasteiger partial charge in [-0.15, -0.1) is 11.3 Å². The number of thiazole rings is 1. The number of fused-ring (bicyclic) bond motifs is 1. The Morgan fingerprint density at radius 1 is 1.00 bits per heavy atom. The Balaban J connectivity index is 1.23. The summed E-state index contributed by atoms with van der Waals surface area (Å²) in [6.07, 6.45) is 5.36. The van der Waals surface area contributed by atoms with E-state index >= 15 is 0 Å². The quantitative estimate of drug-likeness (QED) is 0.179. The zero-order valence-corrected chi connectivity index (χ0v) is 25.5. The van der Waals surface area contributed by atoms with Gasteiger partial charge in [-0.1, -0.05) is 0 Å². The third-order valence-electron chi connectivity index (χ3n) is 6.80. The van der Waals surface area contributed by atoms with Crippen LogP contribution < -0.4 is 29.6 Å². The number of rotatable bonds is 12. The fraction of sp³-hybridized carbons (Fsp3) is 0.355. The predicted molar refractivity (Wildman–Crippen MR) is 164 cm³/mol. The van der Waals surface area contributed by atoms with Crippen LogP contribution in [0.2, 0.25) is 0 Å². The molecule has 1 aliphatic heterocycles. The Morgan fingerprint density at radius 3 is 2.61 bits per heavy atom. The summed E-state index contributed by atoms with van der Waals surface area (Å²) in [5.74, 6) is 1.90. The summed E-state index contributed by atoms with van der Waals surface area (Å²) < 4.78 is 34.7. The molecule has 13 heteroatoms. The molecule has 2 aromatic carbocycles. The highest BCUT2D eigenvalue weighted by atomic mass is 32.1. The molecule has 232 valence electrons. The number of hydrogen-bond donors (Lipinski definition) is 2. The minimum Gasteiger partial charge on any atom is -0.494 e. The molecule has 1 atom stereocenters. The number of aryl methyl sites for hydroxylation is 1. The average molecular weight is 623 g/mol. The van der Waals surface area contributed by atoms with E-state index in [1.807, 2.05) is 12.1 Å². The van der Waals surface area contributed by atoms with Crippen molar-refractivity contribution in [1.29, 1.82) is 0 Å². The molecule has 2 N–H and O–H groups in total. The number of methoxy groups -OCH3 is 2. The van der Waals surface area contributed by atoms with Crippen LogP contribution in [-0.2, 0) is 9.47 Å². The lowest BCUT2D eigenvalue weighted by atomic mass is 10.1. The minimum atomic E-state index is -0.703. The van der Waals surface area contributed by atoms with Crippen LogP contribution in [0.25, 0.3) is 10.9 Å². The standard InChI is InChI=1S/C31H34N4O8S/c1-19-29(44-18-33-19)30(36)35-31(37)34-22-9-8-20(15-25(22)38-2)43-24-10-11-32-23-17-27(26(39-3)16-21(23)24)40-13-6-14-42-28-7-4-5-12-41-28/h8-11,15-18,28H,4-7,12-14H2,1-3H3,(H2,34,35,36,37)/t28-/m0/s1. The van der Waals surface area contributed by atoms with Gasteiger partial charge in [0.25, 0.3) is 5.91 Å². The molecule has 0 saturated carbocycles. The van der Waals surface area contributed by atoms with Crippen LogP contribution >= 0.6 is 11.3 Å². The SMILES string of the molecule is COc1cc(Oc2ccnc3cc(OCCCO[C@H]4CCCCO4)c(OC)cc23)ccc1NC(=O)NC(=O)c1scnc1C. The summed E-state index contributed by atoms with van der Waals surface area (Å²) in [6.45, 7) is 3.44. The van der Waals surface area contributed by atoms with E-state index in [1.54, 1.807) is 50.0 Å². The van der Waals surface area contributed by atoms with Gasteiger partial charge in [0, 0.05) is 36.7 Å². The number of carbonyl (C=O) groups excluding carboxylic acids is 2. The van der Waals surface area contributed by atoms with Crippen LogP contribution in [-0.4, -0.2) is 62.2 Å². The fourth-order valence-electron chi connectivity index (χ4n) is 4.59. The molecule has 0 unspecified atom stereocenters. The van der Waals surface area contributed by atoms with Gasteiger partial charge in [-0.3, -0.25) is 15.1 Å². The van der Waals surface area contributed by atoms with Crippen LogP contribution in [0.15, 0.2) is 48.1 Å².